The first-order chi connectivity index (χ1) is 14.3. The highest BCUT2D eigenvalue weighted by Gasteiger charge is 2.22. The van der Waals surface area contributed by atoms with E-state index in [-0.39, 0.29) is 23.5 Å². The first-order valence-electron chi connectivity index (χ1n) is 10.5. The summed E-state index contributed by atoms with van der Waals surface area (Å²) < 4.78 is 16.1. The smallest absolute Gasteiger partial charge is 0.225 e. The summed E-state index contributed by atoms with van der Waals surface area (Å²) in [6, 6.07) is 5.26. The number of carbonyl (C=O) groups is 2. The van der Waals surface area contributed by atoms with Gasteiger partial charge >= 0.3 is 0 Å². The molecule has 168 valence electrons. The van der Waals surface area contributed by atoms with Crippen LogP contribution in [0.3, 0.4) is 0 Å². The van der Waals surface area contributed by atoms with Crippen LogP contribution in [0.5, 0.6) is 11.5 Å². The number of methoxy groups -OCH3 is 2. The SMILES string of the molecule is COCCCOc1cc(C(=O)CCC=CCC(C(=O)N(C)C)C(C)C)ccc1OC. The highest BCUT2D eigenvalue weighted by atomic mass is 16.5. The maximum absolute atomic E-state index is 12.6. The minimum Gasteiger partial charge on any atom is -0.493 e. The van der Waals surface area contributed by atoms with Crippen molar-refractivity contribution in [2.24, 2.45) is 11.8 Å². The molecule has 0 radical (unpaired) electrons. The van der Waals surface area contributed by atoms with E-state index >= 15 is 0 Å². The van der Waals surface area contributed by atoms with Crippen molar-refractivity contribution >= 4 is 11.7 Å². The number of ether oxygens (including phenoxy) is 3. The predicted octanol–water partition coefficient (Wildman–Crippen LogP) is 4.38. The molecule has 1 rings (SSSR count). The van der Waals surface area contributed by atoms with Crippen LogP contribution in [-0.4, -0.2) is 58.1 Å². The van der Waals surface area contributed by atoms with Crippen molar-refractivity contribution in [2.45, 2.75) is 39.5 Å². The second-order valence-electron chi connectivity index (χ2n) is 7.81. The largest absolute Gasteiger partial charge is 0.493 e. The fourth-order valence-electron chi connectivity index (χ4n) is 3.06. The number of hydrogen-bond acceptors (Lipinski definition) is 5. The Bertz CT molecular complexity index is 697. The summed E-state index contributed by atoms with van der Waals surface area (Å²) in [6.07, 6.45) is 6.48. The van der Waals surface area contributed by atoms with Crippen LogP contribution in [0, 0.1) is 11.8 Å². The molecule has 0 aromatic heterocycles. The van der Waals surface area contributed by atoms with Crippen LogP contribution in [0.15, 0.2) is 30.4 Å². The number of hydrogen-bond donors (Lipinski definition) is 0. The average Bonchev–Trinajstić information content (AvgIpc) is 2.72. The monoisotopic (exact) mass is 419 g/mol. The first-order valence-corrected chi connectivity index (χ1v) is 10.5. The third-order valence-electron chi connectivity index (χ3n) is 4.89. The van der Waals surface area contributed by atoms with E-state index in [0.29, 0.717) is 49.5 Å². The number of carbonyl (C=O) groups excluding carboxylic acids is 2. The van der Waals surface area contributed by atoms with Crippen molar-refractivity contribution in [2.75, 3.05) is 41.5 Å². The summed E-state index contributed by atoms with van der Waals surface area (Å²) in [6.45, 7) is 5.22. The fraction of sp³-hybridized carbons (Fsp3) is 0.583. The molecular weight excluding hydrogens is 382 g/mol. The molecule has 0 N–H and O–H groups in total. The summed E-state index contributed by atoms with van der Waals surface area (Å²) in [5.74, 6) is 1.60. The molecule has 0 heterocycles. The van der Waals surface area contributed by atoms with Crippen LogP contribution in [0.1, 0.15) is 49.9 Å². The maximum Gasteiger partial charge on any atom is 0.225 e. The van der Waals surface area contributed by atoms with E-state index in [0.717, 1.165) is 6.42 Å². The lowest BCUT2D eigenvalue weighted by Crippen LogP contribution is -2.32. The minimum absolute atomic E-state index is 0.0358. The van der Waals surface area contributed by atoms with Gasteiger partial charge in [0.15, 0.2) is 17.3 Å². The van der Waals surface area contributed by atoms with E-state index in [1.165, 1.54) is 0 Å². The highest BCUT2D eigenvalue weighted by Crippen LogP contribution is 2.29. The van der Waals surface area contributed by atoms with Crippen LogP contribution in [0.4, 0.5) is 0 Å². The topological polar surface area (TPSA) is 65.1 Å². The lowest BCUT2D eigenvalue weighted by atomic mass is 9.91. The quantitative estimate of drug-likeness (QED) is 0.254. The van der Waals surface area contributed by atoms with Crippen molar-refractivity contribution < 1.29 is 23.8 Å². The van der Waals surface area contributed by atoms with Gasteiger partial charge in [0.1, 0.15) is 0 Å². The molecule has 1 unspecified atom stereocenters. The molecule has 1 aromatic rings. The number of ketones is 1. The van der Waals surface area contributed by atoms with Gasteiger partial charge in [-0.3, -0.25) is 9.59 Å². The molecule has 0 saturated carbocycles. The lowest BCUT2D eigenvalue weighted by molar-refractivity contribution is -0.134. The van der Waals surface area contributed by atoms with Crippen LogP contribution in [-0.2, 0) is 9.53 Å². The van der Waals surface area contributed by atoms with E-state index < -0.39 is 0 Å². The Morgan fingerprint density at radius 3 is 2.40 bits per heavy atom. The summed E-state index contributed by atoms with van der Waals surface area (Å²) >= 11 is 0. The summed E-state index contributed by atoms with van der Waals surface area (Å²) in [4.78, 5) is 26.5. The zero-order valence-electron chi connectivity index (χ0n) is 19.3. The fourth-order valence-corrected chi connectivity index (χ4v) is 3.06. The Labute approximate surface area is 181 Å². The van der Waals surface area contributed by atoms with Gasteiger partial charge in [0.05, 0.1) is 13.7 Å². The number of amides is 1. The van der Waals surface area contributed by atoms with E-state index in [2.05, 4.69) is 13.8 Å². The van der Waals surface area contributed by atoms with Crippen molar-refractivity contribution in [3.8, 4) is 11.5 Å². The van der Waals surface area contributed by atoms with Crippen molar-refractivity contribution in [1.82, 2.24) is 4.90 Å². The average molecular weight is 420 g/mol. The van der Waals surface area contributed by atoms with E-state index in [4.69, 9.17) is 14.2 Å². The first kappa shape index (κ1) is 25.7. The number of allylic oxidation sites excluding steroid dienone is 2. The molecule has 6 nitrogen and oxygen atoms in total. The molecule has 1 atom stereocenters. The molecule has 0 bridgehead atoms. The van der Waals surface area contributed by atoms with Gasteiger partial charge < -0.3 is 19.1 Å². The number of Topliss-reactive ketones (excluding diaryl/α,β-unsaturated/α-hetero) is 1. The van der Waals surface area contributed by atoms with Crippen LogP contribution >= 0.6 is 0 Å². The Morgan fingerprint density at radius 2 is 1.80 bits per heavy atom. The summed E-state index contributed by atoms with van der Waals surface area (Å²) in [5, 5.41) is 0. The molecule has 0 aliphatic heterocycles. The summed E-state index contributed by atoms with van der Waals surface area (Å²) in [5.41, 5.74) is 0.605. The standard InChI is InChI=1S/C24H37NO5/c1-18(2)20(24(27)25(3)4)11-8-7-9-12-21(26)19-13-14-22(29-6)23(17-19)30-16-10-15-28-5/h7-8,13-14,17-18,20H,9-12,15-16H2,1-6H3. The highest BCUT2D eigenvalue weighted by molar-refractivity contribution is 5.96. The van der Waals surface area contributed by atoms with Gasteiger partial charge in [0.2, 0.25) is 5.91 Å². The van der Waals surface area contributed by atoms with Gasteiger partial charge in [-0.05, 0) is 37.0 Å². The van der Waals surface area contributed by atoms with Crippen LogP contribution in [0.2, 0.25) is 0 Å². The van der Waals surface area contributed by atoms with Crippen LogP contribution < -0.4 is 9.47 Å². The van der Waals surface area contributed by atoms with Crippen molar-refractivity contribution in [3.05, 3.63) is 35.9 Å². The number of nitrogens with zero attached hydrogens (tertiary/aromatic N) is 1. The normalized spacial score (nSPS) is 12.2. The Morgan fingerprint density at radius 1 is 1.07 bits per heavy atom. The molecule has 30 heavy (non-hydrogen) atoms. The molecule has 0 saturated heterocycles. The molecule has 6 heteroatoms. The molecule has 0 aliphatic rings. The van der Waals surface area contributed by atoms with Gasteiger partial charge in [-0.2, -0.15) is 0 Å². The molecule has 1 aromatic carbocycles. The van der Waals surface area contributed by atoms with Gasteiger partial charge in [0.25, 0.3) is 0 Å². The second-order valence-corrected chi connectivity index (χ2v) is 7.81. The second kappa shape index (κ2) is 13.8. The number of rotatable bonds is 14. The Hall–Kier alpha value is -2.34. The van der Waals surface area contributed by atoms with E-state index in [9.17, 15) is 9.59 Å². The third kappa shape index (κ3) is 8.57. The molecule has 1 amide bonds. The molecule has 0 fully saturated rings. The zero-order valence-corrected chi connectivity index (χ0v) is 19.3. The maximum atomic E-state index is 12.6. The molecular formula is C24H37NO5. The molecule has 0 aliphatic carbocycles. The van der Waals surface area contributed by atoms with Crippen LogP contribution in [0.25, 0.3) is 0 Å². The predicted molar refractivity (Wildman–Crippen MR) is 119 cm³/mol. The molecule has 0 spiro atoms. The van der Waals surface area contributed by atoms with Gasteiger partial charge in [-0.25, -0.2) is 0 Å². The Kier molecular flexibility index (Phi) is 11.8. The van der Waals surface area contributed by atoms with Gasteiger partial charge in [0, 0.05) is 52.1 Å². The van der Waals surface area contributed by atoms with E-state index in [1.807, 2.05) is 12.2 Å². The van der Waals surface area contributed by atoms with Gasteiger partial charge in [-0.15, -0.1) is 0 Å². The summed E-state index contributed by atoms with van der Waals surface area (Å²) in [7, 11) is 6.79. The van der Waals surface area contributed by atoms with Gasteiger partial charge in [-0.1, -0.05) is 26.0 Å². The van der Waals surface area contributed by atoms with Crippen molar-refractivity contribution in [1.29, 1.82) is 0 Å². The zero-order chi connectivity index (χ0) is 22.5. The Balaban J connectivity index is 2.61. The van der Waals surface area contributed by atoms with E-state index in [1.54, 1.807) is 51.4 Å². The third-order valence-corrected chi connectivity index (χ3v) is 4.89. The van der Waals surface area contributed by atoms with Crippen molar-refractivity contribution in [3.63, 3.8) is 0 Å². The minimum atomic E-state index is -0.0358. The number of benzene rings is 1. The lowest BCUT2D eigenvalue weighted by Gasteiger charge is -2.22.